The molecule has 2 heterocycles. The van der Waals surface area contributed by atoms with E-state index in [1.165, 1.54) is 5.56 Å². The minimum absolute atomic E-state index is 0.0387. The molecular weight excluding hydrogens is 410 g/mol. The number of halogens is 1. The number of hydrogen-bond acceptors (Lipinski definition) is 4. The van der Waals surface area contributed by atoms with Gasteiger partial charge in [0, 0.05) is 44.3 Å². The summed E-state index contributed by atoms with van der Waals surface area (Å²) < 4.78 is 5.41. The Balaban J connectivity index is 1.24. The SMILES string of the molecule is O=C(NCc1ccc(CN2CCOCC2)cc1)[C@H]1CCCN(Cc2ccccc2Cl)C1. The van der Waals surface area contributed by atoms with Crippen molar-refractivity contribution >= 4 is 17.5 Å². The quantitative estimate of drug-likeness (QED) is 0.711. The van der Waals surface area contributed by atoms with E-state index in [0.29, 0.717) is 6.54 Å². The van der Waals surface area contributed by atoms with Gasteiger partial charge in [-0.1, -0.05) is 54.1 Å². The van der Waals surface area contributed by atoms with Crippen molar-refractivity contribution < 1.29 is 9.53 Å². The molecule has 1 amide bonds. The Morgan fingerprint density at radius 3 is 2.48 bits per heavy atom. The van der Waals surface area contributed by atoms with Crippen molar-refractivity contribution in [1.29, 1.82) is 0 Å². The normalized spacial score (nSPS) is 20.5. The number of carbonyl (C=O) groups is 1. The number of benzene rings is 2. The number of ether oxygens (including phenoxy) is 1. The van der Waals surface area contributed by atoms with Gasteiger partial charge in [-0.15, -0.1) is 0 Å². The zero-order valence-electron chi connectivity index (χ0n) is 18.1. The molecule has 5 nitrogen and oxygen atoms in total. The minimum atomic E-state index is 0.0387. The van der Waals surface area contributed by atoms with Crippen LogP contribution in [0.5, 0.6) is 0 Å². The molecule has 2 aromatic carbocycles. The number of carbonyl (C=O) groups excluding carboxylic acids is 1. The number of hydrogen-bond donors (Lipinski definition) is 1. The standard InChI is InChI=1S/C25H32ClN3O2/c26-24-6-2-1-4-22(24)18-29-11-3-5-23(19-29)25(30)27-16-20-7-9-21(10-8-20)17-28-12-14-31-15-13-28/h1-2,4,6-10,23H,3,5,11-19H2,(H,27,30)/t23-/m0/s1. The van der Waals surface area contributed by atoms with Crippen LogP contribution in [0.1, 0.15) is 29.5 Å². The third-order valence-corrected chi connectivity index (χ3v) is 6.60. The van der Waals surface area contributed by atoms with E-state index in [9.17, 15) is 4.79 Å². The molecule has 0 aliphatic carbocycles. The van der Waals surface area contributed by atoms with Gasteiger partial charge in [-0.05, 0) is 42.1 Å². The molecule has 2 aromatic rings. The first-order valence-electron chi connectivity index (χ1n) is 11.3. The highest BCUT2D eigenvalue weighted by Crippen LogP contribution is 2.22. The van der Waals surface area contributed by atoms with Gasteiger partial charge in [-0.2, -0.15) is 0 Å². The van der Waals surface area contributed by atoms with E-state index < -0.39 is 0 Å². The third-order valence-electron chi connectivity index (χ3n) is 6.23. The van der Waals surface area contributed by atoms with Crippen molar-refractivity contribution in [2.45, 2.75) is 32.5 Å². The monoisotopic (exact) mass is 441 g/mol. The number of nitrogens with one attached hydrogen (secondary N) is 1. The smallest absolute Gasteiger partial charge is 0.224 e. The van der Waals surface area contributed by atoms with Gasteiger partial charge in [0.25, 0.3) is 0 Å². The van der Waals surface area contributed by atoms with Crippen molar-refractivity contribution in [3.8, 4) is 0 Å². The van der Waals surface area contributed by atoms with Crippen molar-refractivity contribution in [3.05, 3.63) is 70.2 Å². The minimum Gasteiger partial charge on any atom is -0.379 e. The number of rotatable bonds is 7. The molecule has 166 valence electrons. The summed E-state index contributed by atoms with van der Waals surface area (Å²) >= 11 is 6.31. The second-order valence-electron chi connectivity index (χ2n) is 8.59. The molecule has 0 saturated carbocycles. The van der Waals surface area contributed by atoms with Gasteiger partial charge in [0.1, 0.15) is 0 Å². The molecule has 2 saturated heterocycles. The lowest BCUT2D eigenvalue weighted by atomic mass is 9.96. The Labute approximate surface area is 190 Å². The Hall–Kier alpha value is -1.92. The molecule has 2 aliphatic heterocycles. The van der Waals surface area contributed by atoms with E-state index in [0.717, 1.165) is 81.5 Å². The highest BCUT2D eigenvalue weighted by molar-refractivity contribution is 6.31. The summed E-state index contributed by atoms with van der Waals surface area (Å²) in [4.78, 5) is 17.5. The Morgan fingerprint density at radius 1 is 0.968 bits per heavy atom. The molecule has 4 rings (SSSR count). The molecule has 0 aromatic heterocycles. The predicted octanol–water partition coefficient (Wildman–Crippen LogP) is 3.70. The van der Waals surface area contributed by atoms with Crippen molar-refractivity contribution in [2.75, 3.05) is 39.4 Å². The van der Waals surface area contributed by atoms with Crippen molar-refractivity contribution in [1.82, 2.24) is 15.1 Å². The molecule has 6 heteroatoms. The van der Waals surface area contributed by atoms with Crippen LogP contribution in [0.4, 0.5) is 0 Å². The van der Waals surface area contributed by atoms with Crippen LogP contribution in [0.15, 0.2) is 48.5 Å². The summed E-state index contributed by atoms with van der Waals surface area (Å²) in [5.74, 6) is 0.193. The van der Waals surface area contributed by atoms with Crippen LogP contribution in [-0.4, -0.2) is 55.1 Å². The maximum absolute atomic E-state index is 12.8. The van der Waals surface area contributed by atoms with Crippen LogP contribution in [0.2, 0.25) is 5.02 Å². The van der Waals surface area contributed by atoms with Gasteiger partial charge in [0.2, 0.25) is 5.91 Å². The lowest BCUT2D eigenvalue weighted by Crippen LogP contribution is -2.42. The van der Waals surface area contributed by atoms with E-state index in [4.69, 9.17) is 16.3 Å². The first kappa shape index (κ1) is 22.3. The van der Waals surface area contributed by atoms with Gasteiger partial charge in [0.05, 0.1) is 19.1 Å². The first-order chi connectivity index (χ1) is 15.2. The number of amides is 1. The fourth-order valence-electron chi connectivity index (χ4n) is 4.39. The van der Waals surface area contributed by atoms with Gasteiger partial charge < -0.3 is 10.1 Å². The van der Waals surface area contributed by atoms with Crippen LogP contribution < -0.4 is 5.32 Å². The first-order valence-corrected chi connectivity index (χ1v) is 11.7. The van der Waals surface area contributed by atoms with Gasteiger partial charge >= 0.3 is 0 Å². The van der Waals surface area contributed by atoms with Gasteiger partial charge in [-0.3, -0.25) is 14.6 Å². The summed E-state index contributed by atoms with van der Waals surface area (Å²) in [7, 11) is 0. The molecule has 1 atom stereocenters. The zero-order chi connectivity index (χ0) is 21.5. The molecule has 0 radical (unpaired) electrons. The van der Waals surface area contributed by atoms with Crippen LogP contribution in [0.25, 0.3) is 0 Å². The van der Waals surface area contributed by atoms with Gasteiger partial charge in [-0.25, -0.2) is 0 Å². The van der Waals surface area contributed by atoms with Crippen LogP contribution in [0, 0.1) is 5.92 Å². The largest absolute Gasteiger partial charge is 0.379 e. The number of nitrogens with zero attached hydrogens (tertiary/aromatic N) is 2. The third kappa shape index (κ3) is 6.53. The van der Waals surface area contributed by atoms with E-state index in [1.54, 1.807) is 0 Å². The van der Waals surface area contributed by atoms with Crippen LogP contribution in [-0.2, 0) is 29.2 Å². The summed E-state index contributed by atoms with van der Waals surface area (Å²) in [5, 5.41) is 3.94. The Kier molecular flexibility index (Phi) is 7.97. The fraction of sp³-hybridized carbons (Fsp3) is 0.480. The molecule has 31 heavy (non-hydrogen) atoms. The molecule has 0 spiro atoms. The van der Waals surface area contributed by atoms with E-state index in [2.05, 4.69) is 45.4 Å². The molecule has 0 bridgehead atoms. The van der Waals surface area contributed by atoms with E-state index in [1.807, 2.05) is 18.2 Å². The average Bonchev–Trinajstić information content (AvgIpc) is 2.81. The number of morpholine rings is 1. The maximum Gasteiger partial charge on any atom is 0.224 e. The fourth-order valence-corrected chi connectivity index (χ4v) is 4.59. The summed E-state index contributed by atoms with van der Waals surface area (Å²) in [6.07, 6.45) is 1.99. The van der Waals surface area contributed by atoms with Gasteiger partial charge in [0.15, 0.2) is 0 Å². The molecular formula is C25H32ClN3O2. The van der Waals surface area contributed by atoms with Crippen molar-refractivity contribution in [3.63, 3.8) is 0 Å². The second-order valence-corrected chi connectivity index (χ2v) is 9.00. The lowest BCUT2D eigenvalue weighted by molar-refractivity contribution is -0.126. The van der Waals surface area contributed by atoms with Crippen LogP contribution >= 0.6 is 11.6 Å². The summed E-state index contributed by atoms with van der Waals surface area (Å²) in [6, 6.07) is 16.5. The molecule has 0 unspecified atom stereocenters. The average molecular weight is 442 g/mol. The second kappa shape index (κ2) is 11.1. The van der Waals surface area contributed by atoms with E-state index >= 15 is 0 Å². The predicted molar refractivity (Wildman–Crippen MR) is 124 cm³/mol. The Morgan fingerprint density at radius 2 is 1.71 bits per heavy atom. The highest BCUT2D eigenvalue weighted by Gasteiger charge is 2.26. The van der Waals surface area contributed by atoms with Crippen LogP contribution in [0.3, 0.4) is 0 Å². The molecule has 2 aliphatic rings. The van der Waals surface area contributed by atoms with E-state index in [-0.39, 0.29) is 11.8 Å². The molecule has 1 N–H and O–H groups in total. The lowest BCUT2D eigenvalue weighted by Gasteiger charge is -2.32. The summed E-state index contributed by atoms with van der Waals surface area (Å²) in [6.45, 7) is 7.77. The number of piperidine rings is 1. The maximum atomic E-state index is 12.8. The molecule has 2 fully saturated rings. The Bertz CT molecular complexity index is 852. The highest BCUT2D eigenvalue weighted by atomic mass is 35.5. The topological polar surface area (TPSA) is 44.8 Å². The number of likely N-dealkylation sites (tertiary alicyclic amines) is 1. The van der Waals surface area contributed by atoms with Crippen molar-refractivity contribution in [2.24, 2.45) is 5.92 Å². The summed E-state index contributed by atoms with van der Waals surface area (Å²) in [5.41, 5.74) is 3.57. The zero-order valence-corrected chi connectivity index (χ0v) is 18.8.